The molecule has 0 saturated heterocycles. The molecule has 0 aliphatic rings. The first-order valence-corrected chi connectivity index (χ1v) is 7.08. The molecule has 1 aromatic carbocycles. The third-order valence-electron chi connectivity index (χ3n) is 2.77. The van der Waals surface area contributed by atoms with Crippen molar-refractivity contribution < 1.29 is 28.7 Å². The molecule has 24 heavy (non-hydrogen) atoms. The van der Waals surface area contributed by atoms with Gasteiger partial charge in [-0.25, -0.2) is 9.59 Å². The highest BCUT2D eigenvalue weighted by atomic mass is 16.6. The minimum Gasteiger partial charge on any atom is -0.497 e. The van der Waals surface area contributed by atoms with Crippen molar-refractivity contribution in [2.45, 2.75) is 13.8 Å². The van der Waals surface area contributed by atoms with E-state index >= 15 is 0 Å². The van der Waals surface area contributed by atoms with Crippen molar-refractivity contribution in [1.29, 1.82) is 0 Å². The van der Waals surface area contributed by atoms with Gasteiger partial charge in [-0.05, 0) is 38.1 Å². The predicted octanol–water partition coefficient (Wildman–Crippen LogP) is 1.95. The quantitative estimate of drug-likeness (QED) is 0.349. The van der Waals surface area contributed by atoms with Gasteiger partial charge in [-0.2, -0.15) is 0 Å². The zero-order valence-electron chi connectivity index (χ0n) is 13.5. The van der Waals surface area contributed by atoms with Crippen LogP contribution in [-0.2, 0) is 14.3 Å². The predicted molar refractivity (Wildman–Crippen MR) is 83.7 cm³/mol. The molecular formula is C15H18N2O7. The first-order valence-electron chi connectivity index (χ1n) is 7.08. The maximum Gasteiger partial charge on any atom is 0.412 e. The highest BCUT2D eigenvalue weighted by Crippen LogP contribution is 2.21. The van der Waals surface area contributed by atoms with Crippen LogP contribution in [-0.4, -0.2) is 37.3 Å². The van der Waals surface area contributed by atoms with Crippen molar-refractivity contribution >= 4 is 17.8 Å². The molecular weight excluding hydrogens is 320 g/mol. The summed E-state index contributed by atoms with van der Waals surface area (Å²) in [6.07, 6.45) is -0.924. The molecule has 9 heteroatoms. The van der Waals surface area contributed by atoms with E-state index in [1.807, 2.05) is 0 Å². The van der Waals surface area contributed by atoms with Crippen LogP contribution in [0.5, 0.6) is 5.75 Å². The number of nitrogens with zero attached hydrogens (tertiary/aromatic N) is 1. The summed E-state index contributed by atoms with van der Waals surface area (Å²) in [4.78, 5) is 34.0. The molecule has 0 radical (unpaired) electrons. The van der Waals surface area contributed by atoms with E-state index in [0.717, 1.165) is 0 Å². The van der Waals surface area contributed by atoms with Gasteiger partial charge >= 0.3 is 17.8 Å². The molecule has 0 aliphatic carbocycles. The van der Waals surface area contributed by atoms with Crippen molar-refractivity contribution in [2.75, 3.05) is 20.3 Å². The van der Waals surface area contributed by atoms with Crippen molar-refractivity contribution in [3.63, 3.8) is 0 Å². The van der Waals surface area contributed by atoms with Crippen molar-refractivity contribution in [3.05, 3.63) is 45.6 Å². The molecule has 1 rings (SSSR count). The van der Waals surface area contributed by atoms with Crippen LogP contribution in [0, 0.1) is 10.1 Å². The van der Waals surface area contributed by atoms with Gasteiger partial charge in [0.1, 0.15) is 11.4 Å². The van der Waals surface area contributed by atoms with Crippen LogP contribution in [0.25, 0.3) is 5.70 Å². The summed E-state index contributed by atoms with van der Waals surface area (Å²) in [6.45, 7) is 3.11. The number of nitrogens with one attached hydrogen (secondary N) is 1. The number of benzene rings is 1. The number of amides is 1. The van der Waals surface area contributed by atoms with E-state index in [4.69, 9.17) is 14.2 Å². The lowest BCUT2D eigenvalue weighted by atomic mass is 10.1. The van der Waals surface area contributed by atoms with E-state index in [0.29, 0.717) is 5.75 Å². The topological polar surface area (TPSA) is 117 Å². The van der Waals surface area contributed by atoms with Crippen molar-refractivity contribution in [3.8, 4) is 5.75 Å². The van der Waals surface area contributed by atoms with Crippen LogP contribution in [0.3, 0.4) is 0 Å². The fourth-order valence-corrected chi connectivity index (χ4v) is 1.76. The van der Waals surface area contributed by atoms with Crippen molar-refractivity contribution in [2.24, 2.45) is 0 Å². The number of methoxy groups -OCH3 is 1. The average Bonchev–Trinajstić information content (AvgIpc) is 2.54. The van der Waals surface area contributed by atoms with E-state index in [2.05, 4.69) is 5.32 Å². The van der Waals surface area contributed by atoms with Gasteiger partial charge in [0.15, 0.2) is 0 Å². The second-order valence-corrected chi connectivity index (χ2v) is 4.28. The molecule has 9 nitrogen and oxygen atoms in total. The highest BCUT2D eigenvalue weighted by molar-refractivity contribution is 5.97. The summed E-state index contributed by atoms with van der Waals surface area (Å²) in [5.74, 6) is -0.655. The molecule has 0 unspecified atom stereocenters. The normalized spacial score (nSPS) is 11.1. The maximum absolute atomic E-state index is 11.9. The second kappa shape index (κ2) is 9.13. The van der Waals surface area contributed by atoms with Gasteiger partial charge in [0.05, 0.1) is 25.2 Å². The van der Waals surface area contributed by atoms with Crippen LogP contribution >= 0.6 is 0 Å². The Balaban J connectivity index is 3.42. The molecule has 130 valence electrons. The van der Waals surface area contributed by atoms with Crippen molar-refractivity contribution in [1.82, 2.24) is 5.32 Å². The standard InChI is InChI=1S/C15H18N2O7/c1-4-23-14(18)13(17(20)21)12(16-15(19)24-5-2)10-6-8-11(22-3)9-7-10/h6-9H,4-5H2,1-3H3,(H,16,19)/b13-12+. The van der Waals surface area contributed by atoms with Crippen LogP contribution in [0.15, 0.2) is 30.0 Å². The average molecular weight is 338 g/mol. The van der Waals surface area contributed by atoms with Gasteiger partial charge < -0.3 is 14.2 Å². The smallest absolute Gasteiger partial charge is 0.412 e. The molecule has 0 heterocycles. The summed E-state index contributed by atoms with van der Waals surface area (Å²) in [5, 5.41) is 13.6. The molecule has 1 aromatic rings. The largest absolute Gasteiger partial charge is 0.497 e. The number of alkyl carbamates (subject to hydrolysis) is 1. The Morgan fingerprint density at radius 3 is 2.17 bits per heavy atom. The minimum absolute atomic E-state index is 0.0501. The van der Waals surface area contributed by atoms with Gasteiger partial charge in [-0.15, -0.1) is 0 Å². The van der Waals surface area contributed by atoms with E-state index in [1.165, 1.54) is 38.3 Å². The van der Waals surface area contributed by atoms with E-state index < -0.39 is 22.7 Å². The molecule has 0 aromatic heterocycles. The zero-order valence-corrected chi connectivity index (χ0v) is 13.5. The third-order valence-corrected chi connectivity index (χ3v) is 2.77. The summed E-state index contributed by atoms with van der Waals surface area (Å²) in [7, 11) is 1.46. The van der Waals surface area contributed by atoms with Crippen LogP contribution in [0.2, 0.25) is 0 Å². The fourth-order valence-electron chi connectivity index (χ4n) is 1.76. The monoisotopic (exact) mass is 338 g/mol. The summed E-state index contributed by atoms with van der Waals surface area (Å²) in [5.41, 5.74) is -0.988. The maximum atomic E-state index is 11.9. The number of carbonyl (C=O) groups excluding carboxylic acids is 2. The lowest BCUT2D eigenvalue weighted by Gasteiger charge is -2.11. The third kappa shape index (κ3) is 4.97. The van der Waals surface area contributed by atoms with Gasteiger partial charge in [0.2, 0.25) is 0 Å². The number of carbonyl (C=O) groups is 2. The summed E-state index contributed by atoms with van der Waals surface area (Å²) < 4.78 is 14.4. The highest BCUT2D eigenvalue weighted by Gasteiger charge is 2.31. The molecule has 0 fully saturated rings. The lowest BCUT2D eigenvalue weighted by molar-refractivity contribution is -0.420. The first kappa shape index (κ1) is 18.9. The Labute approximate surface area is 138 Å². The number of esters is 1. The molecule has 1 N–H and O–H groups in total. The molecule has 0 saturated carbocycles. The molecule has 0 aliphatic heterocycles. The Bertz CT molecular complexity index is 638. The van der Waals surface area contributed by atoms with E-state index in [9.17, 15) is 19.7 Å². The Morgan fingerprint density at radius 2 is 1.71 bits per heavy atom. The number of rotatable bonds is 7. The minimum atomic E-state index is -1.16. The number of hydrogen-bond donors (Lipinski definition) is 1. The van der Waals surface area contributed by atoms with Gasteiger partial charge in [-0.3, -0.25) is 15.4 Å². The first-order chi connectivity index (χ1) is 11.4. The van der Waals surface area contributed by atoms with Crippen LogP contribution in [0.1, 0.15) is 19.4 Å². The SMILES string of the molecule is CCOC(=O)N/C(=C(\C(=O)OCC)[N+](=O)[O-])c1ccc(OC)cc1. The van der Waals surface area contributed by atoms with E-state index in [1.54, 1.807) is 6.92 Å². The van der Waals surface area contributed by atoms with E-state index in [-0.39, 0.29) is 24.5 Å². The summed E-state index contributed by atoms with van der Waals surface area (Å²) in [6, 6.07) is 5.99. The summed E-state index contributed by atoms with van der Waals surface area (Å²) >= 11 is 0. The van der Waals surface area contributed by atoms with Crippen LogP contribution in [0.4, 0.5) is 4.79 Å². The fraction of sp³-hybridized carbons (Fsp3) is 0.333. The number of hydrogen-bond acceptors (Lipinski definition) is 7. The Kier molecular flexibility index (Phi) is 7.21. The Morgan fingerprint density at radius 1 is 1.12 bits per heavy atom. The second-order valence-electron chi connectivity index (χ2n) is 4.28. The molecule has 1 amide bonds. The zero-order chi connectivity index (χ0) is 18.1. The Hall–Kier alpha value is -3.10. The van der Waals surface area contributed by atoms with Gasteiger partial charge in [0, 0.05) is 5.56 Å². The number of ether oxygens (including phenoxy) is 3. The lowest BCUT2D eigenvalue weighted by Crippen LogP contribution is -2.28. The van der Waals surface area contributed by atoms with Crippen LogP contribution < -0.4 is 10.1 Å². The molecule has 0 spiro atoms. The number of nitro groups is 1. The molecule has 0 atom stereocenters. The molecule has 0 bridgehead atoms. The van der Waals surface area contributed by atoms with Gasteiger partial charge in [0.25, 0.3) is 0 Å². The van der Waals surface area contributed by atoms with Gasteiger partial charge in [-0.1, -0.05) is 0 Å².